The minimum atomic E-state index is -4.69. The molecule has 41 heavy (non-hydrogen) atoms. The number of nitrogens with zero attached hydrogens (tertiary/aromatic N) is 1. The first-order valence-corrected chi connectivity index (χ1v) is 15.5. The number of fused-ring (bicyclic) bond motifs is 1. The fraction of sp³-hybridized carbons (Fsp3) is 0.517. The second-order valence-corrected chi connectivity index (χ2v) is 14.8. The lowest BCUT2D eigenvalue weighted by molar-refractivity contribution is -0.137. The van der Waals surface area contributed by atoms with Crippen molar-refractivity contribution in [2.75, 3.05) is 11.6 Å². The van der Waals surface area contributed by atoms with Crippen LogP contribution in [0, 0.1) is 29.5 Å². The SMILES string of the molecule is CC(C)(C)Nc1ccc(S(C)(=O)=O)cc1C(=O)N1C2C3C([C@@H]32)[C@@H]1C(=O)N[C@@H](c1ccc(C(F)(F)F)cc1F)C1CC1. The second-order valence-electron chi connectivity index (χ2n) is 12.8. The Bertz CT molecular complexity index is 1550. The van der Waals surface area contributed by atoms with Crippen LogP contribution in [-0.2, 0) is 20.8 Å². The molecule has 2 heterocycles. The number of anilines is 1. The number of piperidine rings is 1. The molecule has 6 atom stereocenters. The Kier molecular flexibility index (Phi) is 6.09. The molecule has 12 heteroatoms. The molecule has 7 nitrogen and oxygen atoms in total. The van der Waals surface area contributed by atoms with Crippen LogP contribution < -0.4 is 10.6 Å². The van der Waals surface area contributed by atoms with Crippen molar-refractivity contribution in [3.05, 3.63) is 58.9 Å². The molecular weight excluding hydrogens is 562 g/mol. The van der Waals surface area contributed by atoms with Crippen molar-refractivity contribution >= 4 is 27.3 Å². The van der Waals surface area contributed by atoms with E-state index in [0.29, 0.717) is 24.6 Å². The lowest BCUT2D eigenvalue weighted by Crippen LogP contribution is -2.48. The maximum absolute atomic E-state index is 14.9. The van der Waals surface area contributed by atoms with Crippen molar-refractivity contribution in [2.24, 2.45) is 23.7 Å². The van der Waals surface area contributed by atoms with Crippen molar-refractivity contribution < 1.29 is 35.6 Å². The van der Waals surface area contributed by atoms with Gasteiger partial charge in [-0.2, -0.15) is 13.2 Å². The summed E-state index contributed by atoms with van der Waals surface area (Å²) in [5.41, 5.74) is -0.981. The zero-order valence-electron chi connectivity index (χ0n) is 22.9. The van der Waals surface area contributed by atoms with Gasteiger partial charge in [0.25, 0.3) is 5.91 Å². The molecular formula is C29H31F4N3O4S. The zero-order chi connectivity index (χ0) is 29.8. The molecule has 2 aliphatic heterocycles. The number of hydrogen-bond acceptors (Lipinski definition) is 5. The lowest BCUT2D eigenvalue weighted by Gasteiger charge is -2.29. The number of carbonyl (C=O) groups excluding carboxylic acids is 2. The van der Waals surface area contributed by atoms with E-state index in [1.54, 1.807) is 6.07 Å². The lowest BCUT2D eigenvalue weighted by atomic mass is 9.98. The first-order chi connectivity index (χ1) is 19.0. The van der Waals surface area contributed by atoms with Crippen molar-refractivity contribution in [1.29, 1.82) is 0 Å². The van der Waals surface area contributed by atoms with E-state index in [2.05, 4.69) is 10.6 Å². The average Bonchev–Trinajstić information content (AvgIpc) is 3.79. The molecule has 2 N–H and O–H groups in total. The van der Waals surface area contributed by atoms with Gasteiger partial charge in [-0.1, -0.05) is 6.07 Å². The van der Waals surface area contributed by atoms with E-state index in [4.69, 9.17) is 0 Å². The van der Waals surface area contributed by atoms with Crippen molar-refractivity contribution in [3.8, 4) is 0 Å². The van der Waals surface area contributed by atoms with Gasteiger partial charge in [-0.15, -0.1) is 0 Å². The largest absolute Gasteiger partial charge is 0.416 e. The first-order valence-electron chi connectivity index (χ1n) is 13.6. The van der Waals surface area contributed by atoms with Gasteiger partial charge in [-0.25, -0.2) is 12.8 Å². The normalized spacial score (nSPS) is 27.2. The molecule has 2 aromatic rings. The van der Waals surface area contributed by atoms with Gasteiger partial charge < -0.3 is 15.5 Å². The van der Waals surface area contributed by atoms with E-state index in [0.717, 1.165) is 18.4 Å². The van der Waals surface area contributed by atoms with Crippen molar-refractivity contribution in [3.63, 3.8) is 0 Å². The fourth-order valence-electron chi connectivity index (χ4n) is 6.42. The highest BCUT2D eigenvalue weighted by molar-refractivity contribution is 7.90. The highest BCUT2D eigenvalue weighted by Crippen LogP contribution is 2.78. The van der Waals surface area contributed by atoms with Gasteiger partial charge in [-0.05, 0) is 87.6 Å². The molecule has 0 spiro atoms. The minimum Gasteiger partial charge on any atom is -0.380 e. The number of hydrogen-bond donors (Lipinski definition) is 2. The zero-order valence-corrected chi connectivity index (χ0v) is 23.7. The summed E-state index contributed by atoms with van der Waals surface area (Å²) in [5.74, 6) is -1.77. The van der Waals surface area contributed by atoms with Crippen LogP contribution in [0.3, 0.4) is 0 Å². The smallest absolute Gasteiger partial charge is 0.380 e. The molecule has 5 aliphatic rings. The Morgan fingerprint density at radius 2 is 1.66 bits per heavy atom. The highest BCUT2D eigenvalue weighted by Gasteiger charge is 2.86. The summed E-state index contributed by atoms with van der Waals surface area (Å²) in [6.45, 7) is 5.70. The summed E-state index contributed by atoms with van der Waals surface area (Å²) < 4.78 is 78.8. The van der Waals surface area contributed by atoms with Crippen LogP contribution in [0.25, 0.3) is 0 Å². The van der Waals surface area contributed by atoms with Gasteiger partial charge in [0.05, 0.1) is 22.1 Å². The van der Waals surface area contributed by atoms with Gasteiger partial charge in [0.15, 0.2) is 9.84 Å². The van der Waals surface area contributed by atoms with Crippen LogP contribution in [0.5, 0.6) is 0 Å². The monoisotopic (exact) mass is 593 g/mol. The topological polar surface area (TPSA) is 95.6 Å². The molecule has 5 fully saturated rings. The van der Waals surface area contributed by atoms with Gasteiger partial charge in [-0.3, -0.25) is 9.59 Å². The van der Waals surface area contributed by atoms with Crippen molar-refractivity contribution in [2.45, 2.75) is 68.3 Å². The first kappa shape index (κ1) is 28.0. The van der Waals surface area contributed by atoms with E-state index >= 15 is 0 Å². The Hall–Kier alpha value is -3.15. The van der Waals surface area contributed by atoms with E-state index in [-0.39, 0.29) is 45.7 Å². The summed E-state index contributed by atoms with van der Waals surface area (Å²) in [7, 11) is -3.62. The molecule has 0 aromatic heterocycles. The Balaban J connectivity index is 1.29. The van der Waals surface area contributed by atoms with Crippen LogP contribution in [0.1, 0.15) is 61.1 Å². The summed E-state index contributed by atoms with van der Waals surface area (Å²) in [5, 5.41) is 6.11. The molecule has 2 aromatic carbocycles. The molecule has 0 radical (unpaired) electrons. The van der Waals surface area contributed by atoms with Gasteiger partial charge in [0.2, 0.25) is 5.91 Å². The van der Waals surface area contributed by atoms with E-state index in [9.17, 15) is 35.6 Å². The number of carbonyl (C=O) groups is 2. The molecule has 3 saturated carbocycles. The van der Waals surface area contributed by atoms with Gasteiger partial charge in [0, 0.05) is 29.1 Å². The molecule has 3 aliphatic carbocycles. The molecule has 2 saturated heterocycles. The predicted octanol–water partition coefficient (Wildman–Crippen LogP) is 4.79. The van der Waals surface area contributed by atoms with E-state index in [1.165, 1.54) is 17.0 Å². The average molecular weight is 594 g/mol. The number of sulfone groups is 1. The van der Waals surface area contributed by atoms with Crippen molar-refractivity contribution in [1.82, 2.24) is 10.2 Å². The van der Waals surface area contributed by atoms with Crippen LogP contribution in [0.15, 0.2) is 41.3 Å². The third kappa shape index (κ3) is 4.97. The third-order valence-electron chi connectivity index (χ3n) is 8.54. The van der Waals surface area contributed by atoms with Crippen LogP contribution >= 0.6 is 0 Å². The summed E-state index contributed by atoms with van der Waals surface area (Å²) >= 11 is 0. The molecule has 7 rings (SSSR count). The third-order valence-corrected chi connectivity index (χ3v) is 9.65. The van der Waals surface area contributed by atoms with Crippen LogP contribution in [-0.4, -0.2) is 49.0 Å². The highest BCUT2D eigenvalue weighted by atomic mass is 32.2. The quantitative estimate of drug-likeness (QED) is 0.450. The fourth-order valence-corrected chi connectivity index (χ4v) is 7.07. The number of halogens is 4. The standard InChI is InChI=1S/C29H31F4N3O4S/c1-28(2,3)35-19-10-8-15(41(4,39)40)12-17(19)27(38)36-24-20-21(24)22(20)25(36)26(37)34-23(13-5-6-13)16-9-7-14(11-18(16)30)29(31,32)33/h7-13,20-25,35H,5-6H2,1-4H3,(H,34,37)/t20-,21?,22?,23-,24?,25-/m1/s1. The summed E-state index contributed by atoms with van der Waals surface area (Å²) in [4.78, 5) is 29.3. The summed E-state index contributed by atoms with van der Waals surface area (Å²) in [6.07, 6.45) is -2.26. The molecule has 3 unspecified atom stereocenters. The number of rotatable bonds is 7. The van der Waals surface area contributed by atoms with Gasteiger partial charge >= 0.3 is 6.18 Å². The molecule has 2 bridgehead atoms. The van der Waals surface area contributed by atoms with E-state index < -0.39 is 56.8 Å². The number of alkyl halides is 3. The second kappa shape index (κ2) is 8.92. The number of nitrogens with one attached hydrogen (secondary N) is 2. The van der Waals surface area contributed by atoms with Crippen LogP contribution in [0.4, 0.5) is 23.2 Å². The Labute approximate surface area is 235 Å². The minimum absolute atomic E-state index is 0.0121. The number of benzene rings is 2. The maximum atomic E-state index is 14.9. The van der Waals surface area contributed by atoms with Crippen LogP contribution in [0.2, 0.25) is 0 Å². The van der Waals surface area contributed by atoms with E-state index in [1.807, 2.05) is 20.8 Å². The summed E-state index contributed by atoms with van der Waals surface area (Å²) in [6, 6.07) is 4.86. The Morgan fingerprint density at radius 3 is 2.20 bits per heavy atom. The molecule has 2 amide bonds. The maximum Gasteiger partial charge on any atom is 0.416 e. The van der Waals surface area contributed by atoms with Gasteiger partial charge in [0.1, 0.15) is 11.9 Å². The predicted molar refractivity (Wildman–Crippen MR) is 142 cm³/mol. The Morgan fingerprint density at radius 1 is 1.00 bits per heavy atom. The number of amides is 2. The molecule has 220 valence electrons.